The molecule has 1 heteroatoms. The lowest BCUT2D eigenvalue weighted by Gasteiger charge is -2.13. The molecule has 1 N–H and O–H groups in total. The van der Waals surface area contributed by atoms with Gasteiger partial charge in [-0.15, -0.1) is 0 Å². The Morgan fingerprint density at radius 2 is 1.17 bits per heavy atom. The van der Waals surface area contributed by atoms with Gasteiger partial charge in [-0.05, 0) is 56.5 Å². The van der Waals surface area contributed by atoms with Crippen molar-refractivity contribution < 1.29 is 6.85 Å². The van der Waals surface area contributed by atoms with Gasteiger partial charge < -0.3 is 5.32 Å². The number of benzene rings is 5. The van der Waals surface area contributed by atoms with Crippen LogP contribution in [0.3, 0.4) is 0 Å². The van der Waals surface area contributed by atoms with Gasteiger partial charge in [-0.1, -0.05) is 60.6 Å². The normalized spacial score (nSPS) is 14.5. The van der Waals surface area contributed by atoms with Crippen molar-refractivity contribution in [3.63, 3.8) is 0 Å². The summed E-state index contributed by atoms with van der Waals surface area (Å²) in [4.78, 5) is 0. The number of anilines is 2. The van der Waals surface area contributed by atoms with Gasteiger partial charge in [-0.25, -0.2) is 0 Å². The topological polar surface area (TPSA) is 12.0 Å². The molecule has 5 aromatic rings. The van der Waals surface area contributed by atoms with Crippen LogP contribution in [-0.4, -0.2) is 0 Å². The minimum Gasteiger partial charge on any atom is -0.355 e. The molecule has 5 rings (SSSR count). The van der Waals surface area contributed by atoms with E-state index in [1.165, 1.54) is 21.5 Å². The van der Waals surface area contributed by atoms with E-state index in [0.717, 1.165) is 10.8 Å². The maximum atomic E-state index is 8.11. The lowest BCUT2D eigenvalue weighted by atomic mass is 9.94. The van der Waals surface area contributed by atoms with E-state index < -0.39 is 6.04 Å². The fourth-order valence-corrected chi connectivity index (χ4v) is 3.28. The van der Waals surface area contributed by atoms with Crippen molar-refractivity contribution in [2.75, 3.05) is 5.32 Å². The van der Waals surface area contributed by atoms with Gasteiger partial charge in [0.1, 0.15) is 0 Å². The van der Waals surface area contributed by atoms with Gasteiger partial charge in [0.15, 0.2) is 0 Å². The summed E-state index contributed by atoms with van der Waals surface area (Å²) >= 11 is 0. The van der Waals surface area contributed by atoms with E-state index >= 15 is 0 Å². The van der Waals surface area contributed by atoms with E-state index in [2.05, 4.69) is 41.7 Å². The Morgan fingerprint density at radius 3 is 1.83 bits per heavy atom. The molecule has 0 unspecified atom stereocenters. The van der Waals surface area contributed by atoms with Crippen molar-refractivity contribution in [3.8, 4) is 0 Å². The van der Waals surface area contributed by atoms with Crippen molar-refractivity contribution >= 4 is 43.7 Å². The third-order valence-corrected chi connectivity index (χ3v) is 4.23. The van der Waals surface area contributed by atoms with Crippen molar-refractivity contribution in [1.29, 1.82) is 0 Å². The third-order valence-electron chi connectivity index (χ3n) is 4.23. The van der Waals surface area contributed by atoms with Gasteiger partial charge >= 0.3 is 0 Å². The fraction of sp³-hybridized carbons (Fsp3) is 0. The van der Waals surface area contributed by atoms with Gasteiger partial charge in [0.2, 0.25) is 0 Å². The maximum absolute atomic E-state index is 8.11. The molecule has 0 bridgehead atoms. The monoisotopic (exact) mass is 298 g/mol. The molecule has 0 amide bonds. The summed E-state index contributed by atoms with van der Waals surface area (Å²) in [6, 6.07) is 16.9. The first-order chi connectivity index (χ1) is 13.5. The number of rotatable bonds is 2. The number of hydrogen-bond acceptors (Lipinski definition) is 1. The Hall–Kier alpha value is -3.06. The van der Waals surface area contributed by atoms with Gasteiger partial charge in [-0.3, -0.25) is 0 Å². The van der Waals surface area contributed by atoms with Crippen LogP contribution in [0.25, 0.3) is 32.3 Å². The molecule has 0 atom stereocenters. The number of hydrogen-bond donors (Lipinski definition) is 1. The Bertz CT molecular complexity index is 1300. The molecule has 0 aliphatic rings. The zero-order valence-electron chi connectivity index (χ0n) is 17.2. The number of para-hydroxylation sites is 1. The summed E-state index contributed by atoms with van der Waals surface area (Å²) in [7, 11) is 0. The van der Waals surface area contributed by atoms with E-state index in [1.807, 2.05) is 18.2 Å². The van der Waals surface area contributed by atoms with Crippen LogP contribution >= 0.6 is 0 Å². The Balaban J connectivity index is 1.73. The molecule has 0 heterocycles. The maximum Gasteiger partial charge on any atom is 0.0645 e. The predicted molar refractivity (Wildman–Crippen MR) is 99.9 cm³/mol. The van der Waals surface area contributed by atoms with Crippen LogP contribution in [0.4, 0.5) is 11.4 Å². The average Bonchev–Trinajstić information content (AvgIpc) is 2.72. The Labute approximate surface area is 141 Å². The minimum atomic E-state index is -0.393. The summed E-state index contributed by atoms with van der Waals surface area (Å²) in [5, 5.41) is 9.88. The van der Waals surface area contributed by atoms with Crippen LogP contribution in [-0.2, 0) is 0 Å². The highest BCUT2D eigenvalue weighted by atomic mass is 14.9. The van der Waals surface area contributed by atoms with E-state index in [9.17, 15) is 0 Å². The molecule has 1 nitrogen and oxygen atoms in total. The first kappa shape index (κ1) is 8.54. The van der Waals surface area contributed by atoms with E-state index in [1.54, 1.807) is 0 Å². The standard InChI is InChI=1S/C22H15N/c1-2-7-19(8-3-1)23-20-13-17-11-9-15-5-4-6-16-10-12-18(14-20)22(17)21(15)16/h1-14,23H/i1D,2D,3D,7D,8D. The smallest absolute Gasteiger partial charge is 0.0645 e. The summed E-state index contributed by atoms with van der Waals surface area (Å²) in [6.45, 7) is 0. The fourth-order valence-electron chi connectivity index (χ4n) is 3.28. The van der Waals surface area contributed by atoms with Gasteiger partial charge in [0.25, 0.3) is 0 Å². The molecule has 0 saturated carbocycles. The van der Waals surface area contributed by atoms with Crippen LogP contribution in [0, 0.1) is 0 Å². The molecule has 108 valence electrons. The summed E-state index contributed by atoms with van der Waals surface area (Å²) in [6.07, 6.45) is 0. The van der Waals surface area contributed by atoms with Gasteiger partial charge in [0.05, 0.1) is 6.85 Å². The van der Waals surface area contributed by atoms with Crippen LogP contribution < -0.4 is 5.32 Å². The van der Waals surface area contributed by atoms with Crippen molar-refractivity contribution in [2.24, 2.45) is 0 Å². The highest BCUT2D eigenvalue weighted by Gasteiger charge is 2.08. The van der Waals surface area contributed by atoms with Crippen molar-refractivity contribution in [3.05, 3.63) is 84.8 Å². The first-order valence-electron chi connectivity index (χ1n) is 9.97. The average molecular weight is 298 g/mol. The SMILES string of the molecule is [2H]c1c([2H])c([2H])c(Nc2cc3ccc4cccc5ccc(c2)c3c45)c([2H])c1[2H]. The highest BCUT2D eigenvalue weighted by molar-refractivity contribution is 6.23. The molecule has 0 spiro atoms. The van der Waals surface area contributed by atoms with Crippen molar-refractivity contribution in [2.45, 2.75) is 0 Å². The summed E-state index contributed by atoms with van der Waals surface area (Å²) in [5.74, 6) is 0. The van der Waals surface area contributed by atoms with E-state index in [4.69, 9.17) is 6.85 Å². The number of nitrogens with one attached hydrogen (secondary N) is 1. The molecule has 23 heavy (non-hydrogen) atoms. The molecule has 0 saturated heterocycles. The zero-order valence-corrected chi connectivity index (χ0v) is 12.2. The second-order valence-corrected chi connectivity index (χ2v) is 5.63. The molecule has 0 radical (unpaired) electrons. The Kier molecular flexibility index (Phi) is 1.75. The van der Waals surface area contributed by atoms with Gasteiger partial charge in [-0.2, -0.15) is 0 Å². The van der Waals surface area contributed by atoms with Crippen LogP contribution in [0.15, 0.2) is 84.8 Å². The molecule has 0 aromatic heterocycles. The van der Waals surface area contributed by atoms with E-state index in [-0.39, 0.29) is 29.9 Å². The molecule has 0 fully saturated rings. The molecule has 5 aromatic carbocycles. The molecular weight excluding hydrogens is 278 g/mol. The summed E-state index contributed by atoms with van der Waals surface area (Å²) < 4.78 is 39.7. The lowest BCUT2D eigenvalue weighted by Crippen LogP contribution is -1.91. The quantitative estimate of drug-likeness (QED) is 0.376. The third kappa shape index (κ3) is 1.94. The van der Waals surface area contributed by atoms with Crippen LogP contribution in [0.1, 0.15) is 6.85 Å². The minimum absolute atomic E-state index is 0.0822. The van der Waals surface area contributed by atoms with Gasteiger partial charge in [0, 0.05) is 11.4 Å². The second-order valence-electron chi connectivity index (χ2n) is 5.63. The van der Waals surface area contributed by atoms with Crippen LogP contribution in [0.5, 0.6) is 0 Å². The first-order valence-corrected chi connectivity index (χ1v) is 7.47. The van der Waals surface area contributed by atoms with Crippen molar-refractivity contribution in [1.82, 2.24) is 0 Å². The molecule has 0 aliphatic carbocycles. The Morgan fingerprint density at radius 1 is 0.609 bits per heavy atom. The highest BCUT2D eigenvalue weighted by Crippen LogP contribution is 2.36. The summed E-state index contributed by atoms with van der Waals surface area (Å²) in [5.41, 5.74) is 0.767. The van der Waals surface area contributed by atoms with Crippen LogP contribution in [0.2, 0.25) is 0 Å². The second kappa shape index (κ2) is 4.72. The molecule has 0 aliphatic heterocycles. The lowest BCUT2D eigenvalue weighted by molar-refractivity contribution is 1.58. The predicted octanol–water partition coefficient (Wildman–Crippen LogP) is 6.33. The zero-order chi connectivity index (χ0) is 19.6. The van der Waals surface area contributed by atoms with E-state index in [0.29, 0.717) is 5.69 Å². The molecular formula is C22H15N. The largest absolute Gasteiger partial charge is 0.355 e.